The van der Waals surface area contributed by atoms with Crippen LogP contribution in [0.2, 0.25) is 5.02 Å². The maximum absolute atomic E-state index is 13.3. The number of benzene rings is 2. The van der Waals surface area contributed by atoms with E-state index in [-0.39, 0.29) is 41.1 Å². The summed E-state index contributed by atoms with van der Waals surface area (Å²) >= 11 is 6.12. The normalized spacial score (nSPS) is 10.3. The Morgan fingerprint density at radius 1 is 1.27 bits per heavy atom. The summed E-state index contributed by atoms with van der Waals surface area (Å²) in [6.07, 6.45) is 0. The predicted octanol–water partition coefficient (Wildman–Crippen LogP) is 2.59. The van der Waals surface area contributed by atoms with Crippen LogP contribution in [0.15, 0.2) is 30.3 Å². The zero-order valence-corrected chi connectivity index (χ0v) is 15.0. The summed E-state index contributed by atoms with van der Waals surface area (Å²) in [5, 5.41) is 2.82. The van der Waals surface area contributed by atoms with Crippen LogP contribution < -0.4 is 20.5 Å². The van der Waals surface area contributed by atoms with Crippen molar-refractivity contribution in [2.75, 3.05) is 13.7 Å². The first-order chi connectivity index (χ1) is 12.3. The lowest BCUT2D eigenvalue weighted by atomic mass is 10.1. The molecule has 0 heterocycles. The van der Waals surface area contributed by atoms with E-state index in [4.69, 9.17) is 26.8 Å². The van der Waals surface area contributed by atoms with Gasteiger partial charge in [0.15, 0.2) is 18.1 Å². The minimum Gasteiger partial charge on any atom is -0.493 e. The number of halogens is 2. The molecule has 138 valence electrons. The molecule has 0 radical (unpaired) electrons. The van der Waals surface area contributed by atoms with Crippen LogP contribution in [0.4, 0.5) is 4.39 Å². The summed E-state index contributed by atoms with van der Waals surface area (Å²) in [5.41, 5.74) is 6.55. The Balaban J connectivity index is 2.14. The fourth-order valence-electron chi connectivity index (χ4n) is 2.24. The largest absolute Gasteiger partial charge is 0.493 e. The van der Waals surface area contributed by atoms with Crippen molar-refractivity contribution in [2.24, 2.45) is 5.73 Å². The van der Waals surface area contributed by atoms with E-state index >= 15 is 0 Å². The smallest absolute Gasteiger partial charge is 0.255 e. The van der Waals surface area contributed by atoms with Crippen molar-refractivity contribution >= 4 is 23.4 Å². The summed E-state index contributed by atoms with van der Waals surface area (Å²) < 4.78 is 23.7. The lowest BCUT2D eigenvalue weighted by Gasteiger charge is -2.13. The monoisotopic (exact) mass is 380 g/mol. The molecule has 2 aromatic rings. The van der Waals surface area contributed by atoms with E-state index in [0.717, 1.165) is 5.56 Å². The lowest BCUT2D eigenvalue weighted by Crippen LogP contribution is -2.23. The average Bonchev–Trinajstić information content (AvgIpc) is 2.60. The molecule has 0 unspecified atom stereocenters. The van der Waals surface area contributed by atoms with Crippen molar-refractivity contribution in [3.05, 3.63) is 57.9 Å². The van der Waals surface area contributed by atoms with Crippen LogP contribution in [0.3, 0.4) is 0 Å². The number of hydrogen-bond donors (Lipinski definition) is 2. The number of carbonyl (C=O) groups is 2. The molecule has 8 heteroatoms. The standard InChI is InChI=1S/C18H18ClFN2O4/c1-10-5-11(3-4-14(10)20)8-22-18(24)12-6-13(19)17(15(7-12)25-2)26-9-16(21)23/h3-7H,8-9H2,1-2H3,(H2,21,23)(H,22,24). The quantitative estimate of drug-likeness (QED) is 0.772. The molecule has 6 nitrogen and oxygen atoms in total. The molecule has 0 saturated heterocycles. The molecule has 0 aliphatic rings. The molecule has 0 aliphatic heterocycles. The summed E-state index contributed by atoms with van der Waals surface area (Å²) in [4.78, 5) is 23.2. The molecule has 2 rings (SSSR count). The first-order valence-corrected chi connectivity index (χ1v) is 8.01. The molecule has 0 saturated carbocycles. The number of rotatable bonds is 7. The summed E-state index contributed by atoms with van der Waals surface area (Å²) in [5.74, 6) is -1.04. The molecule has 0 aliphatic carbocycles. The maximum atomic E-state index is 13.3. The van der Waals surface area contributed by atoms with Gasteiger partial charge in [-0.15, -0.1) is 0 Å². The Kier molecular flexibility index (Phi) is 6.41. The fourth-order valence-corrected chi connectivity index (χ4v) is 2.50. The van der Waals surface area contributed by atoms with Crippen LogP contribution in [0.25, 0.3) is 0 Å². The van der Waals surface area contributed by atoms with Crippen LogP contribution in [-0.4, -0.2) is 25.5 Å². The molecule has 0 fully saturated rings. The van der Waals surface area contributed by atoms with Crippen molar-refractivity contribution in [2.45, 2.75) is 13.5 Å². The van der Waals surface area contributed by atoms with Crippen LogP contribution in [0.1, 0.15) is 21.5 Å². The van der Waals surface area contributed by atoms with Gasteiger partial charge in [0.2, 0.25) is 0 Å². The van der Waals surface area contributed by atoms with E-state index in [9.17, 15) is 14.0 Å². The van der Waals surface area contributed by atoms with Gasteiger partial charge < -0.3 is 20.5 Å². The number of amides is 2. The zero-order valence-electron chi connectivity index (χ0n) is 14.3. The second-order valence-corrected chi connectivity index (χ2v) is 5.92. The summed E-state index contributed by atoms with van der Waals surface area (Å²) in [7, 11) is 1.38. The van der Waals surface area contributed by atoms with Crippen LogP contribution >= 0.6 is 11.6 Å². The summed E-state index contributed by atoms with van der Waals surface area (Å²) in [6.45, 7) is 1.50. The first kappa shape index (κ1) is 19.5. The van der Waals surface area contributed by atoms with Gasteiger partial charge in [-0.3, -0.25) is 9.59 Å². The first-order valence-electron chi connectivity index (χ1n) is 7.63. The highest BCUT2D eigenvalue weighted by atomic mass is 35.5. The third kappa shape index (κ3) is 4.86. The number of carbonyl (C=O) groups excluding carboxylic acids is 2. The van der Waals surface area contributed by atoms with E-state index in [1.54, 1.807) is 19.1 Å². The number of nitrogens with one attached hydrogen (secondary N) is 1. The lowest BCUT2D eigenvalue weighted by molar-refractivity contribution is -0.119. The van der Waals surface area contributed by atoms with Crippen molar-refractivity contribution < 1.29 is 23.5 Å². The van der Waals surface area contributed by atoms with E-state index in [1.807, 2.05) is 0 Å². The Hall–Kier alpha value is -2.80. The van der Waals surface area contributed by atoms with Crippen LogP contribution in [-0.2, 0) is 11.3 Å². The van der Waals surface area contributed by atoms with Gasteiger partial charge in [-0.1, -0.05) is 23.7 Å². The Morgan fingerprint density at radius 2 is 2.00 bits per heavy atom. The maximum Gasteiger partial charge on any atom is 0.255 e. The highest BCUT2D eigenvalue weighted by Crippen LogP contribution is 2.36. The van der Waals surface area contributed by atoms with Gasteiger partial charge in [0, 0.05) is 12.1 Å². The Morgan fingerprint density at radius 3 is 2.62 bits per heavy atom. The number of nitrogens with two attached hydrogens (primary N) is 1. The predicted molar refractivity (Wildman–Crippen MR) is 95.0 cm³/mol. The number of aryl methyl sites for hydroxylation is 1. The molecule has 0 spiro atoms. The SMILES string of the molecule is COc1cc(C(=O)NCc2ccc(F)c(C)c2)cc(Cl)c1OCC(N)=O. The Bertz CT molecular complexity index is 842. The molecule has 3 N–H and O–H groups in total. The van der Waals surface area contributed by atoms with Crippen molar-refractivity contribution in [1.29, 1.82) is 0 Å². The van der Waals surface area contributed by atoms with E-state index in [2.05, 4.69) is 5.32 Å². The van der Waals surface area contributed by atoms with Crippen molar-refractivity contribution in [3.63, 3.8) is 0 Å². The average molecular weight is 381 g/mol. The van der Waals surface area contributed by atoms with Gasteiger partial charge in [-0.2, -0.15) is 0 Å². The number of primary amides is 1. The van der Waals surface area contributed by atoms with Gasteiger partial charge in [-0.05, 0) is 36.2 Å². The van der Waals surface area contributed by atoms with Crippen LogP contribution in [0.5, 0.6) is 11.5 Å². The number of hydrogen-bond acceptors (Lipinski definition) is 4. The molecular weight excluding hydrogens is 363 g/mol. The van der Waals surface area contributed by atoms with Gasteiger partial charge in [-0.25, -0.2) is 4.39 Å². The fraction of sp³-hybridized carbons (Fsp3) is 0.222. The van der Waals surface area contributed by atoms with Crippen molar-refractivity contribution in [1.82, 2.24) is 5.32 Å². The van der Waals surface area contributed by atoms with Gasteiger partial charge >= 0.3 is 0 Å². The number of methoxy groups -OCH3 is 1. The van der Waals surface area contributed by atoms with Gasteiger partial charge in [0.1, 0.15) is 5.82 Å². The molecule has 26 heavy (non-hydrogen) atoms. The second-order valence-electron chi connectivity index (χ2n) is 5.51. The highest BCUT2D eigenvalue weighted by molar-refractivity contribution is 6.32. The van der Waals surface area contributed by atoms with Gasteiger partial charge in [0.05, 0.1) is 12.1 Å². The van der Waals surface area contributed by atoms with Gasteiger partial charge in [0.25, 0.3) is 11.8 Å². The van der Waals surface area contributed by atoms with E-state index < -0.39 is 11.8 Å². The minimum atomic E-state index is -0.667. The molecule has 0 aromatic heterocycles. The minimum absolute atomic E-state index is 0.105. The van der Waals surface area contributed by atoms with Crippen LogP contribution in [0, 0.1) is 12.7 Å². The second kappa shape index (κ2) is 8.53. The third-order valence-corrected chi connectivity index (χ3v) is 3.81. The Labute approximate surface area is 155 Å². The molecular formula is C18H18ClFN2O4. The zero-order chi connectivity index (χ0) is 19.3. The molecule has 0 bridgehead atoms. The molecule has 0 atom stereocenters. The third-order valence-electron chi connectivity index (χ3n) is 3.53. The molecule has 2 amide bonds. The van der Waals surface area contributed by atoms with E-state index in [0.29, 0.717) is 5.56 Å². The topological polar surface area (TPSA) is 90.7 Å². The van der Waals surface area contributed by atoms with Crippen molar-refractivity contribution in [3.8, 4) is 11.5 Å². The molecule has 2 aromatic carbocycles. The number of ether oxygens (including phenoxy) is 2. The summed E-state index contributed by atoms with van der Waals surface area (Å²) in [6, 6.07) is 7.43. The highest BCUT2D eigenvalue weighted by Gasteiger charge is 2.16. The van der Waals surface area contributed by atoms with E-state index in [1.165, 1.54) is 25.3 Å².